The summed E-state index contributed by atoms with van der Waals surface area (Å²) in [5.41, 5.74) is 1.64. The molecule has 1 saturated carbocycles. The maximum Gasteiger partial charge on any atom is 0.251 e. The first-order chi connectivity index (χ1) is 11.6. The summed E-state index contributed by atoms with van der Waals surface area (Å²) in [5.74, 6) is -0.0314. The normalized spacial score (nSPS) is 22.0. The van der Waals surface area contributed by atoms with Crippen LogP contribution in [0.15, 0.2) is 36.9 Å². The van der Waals surface area contributed by atoms with Crippen molar-refractivity contribution in [2.24, 2.45) is 5.41 Å². The van der Waals surface area contributed by atoms with Crippen LogP contribution in [0.1, 0.15) is 43.5 Å². The molecule has 2 aromatic rings. The largest absolute Gasteiger partial charge is 0.381 e. The van der Waals surface area contributed by atoms with E-state index in [1.54, 1.807) is 24.3 Å². The Bertz CT molecular complexity index is 678. The van der Waals surface area contributed by atoms with Crippen LogP contribution >= 0.6 is 0 Å². The molecule has 3 rings (SSSR count). The van der Waals surface area contributed by atoms with E-state index in [9.17, 15) is 4.79 Å². The maximum absolute atomic E-state index is 12.6. The van der Waals surface area contributed by atoms with Gasteiger partial charge in [0.2, 0.25) is 0 Å². The van der Waals surface area contributed by atoms with Crippen LogP contribution in [-0.2, 0) is 4.74 Å². The molecule has 1 N–H and O–H groups in total. The van der Waals surface area contributed by atoms with E-state index in [4.69, 9.17) is 4.74 Å². The molecule has 1 aliphatic rings. The lowest BCUT2D eigenvalue weighted by atomic mass is 9.58. The second-order valence-corrected chi connectivity index (χ2v) is 6.34. The van der Waals surface area contributed by atoms with Crippen molar-refractivity contribution in [2.45, 2.75) is 45.3 Å². The Balaban J connectivity index is 1.69. The van der Waals surface area contributed by atoms with E-state index in [0.29, 0.717) is 5.56 Å². The summed E-state index contributed by atoms with van der Waals surface area (Å²) < 4.78 is 7.39. The van der Waals surface area contributed by atoms with E-state index in [1.807, 2.05) is 24.3 Å². The zero-order valence-corrected chi connectivity index (χ0v) is 14.4. The van der Waals surface area contributed by atoms with Crippen molar-refractivity contribution in [1.82, 2.24) is 20.1 Å². The molecule has 0 aliphatic heterocycles. The maximum atomic E-state index is 12.6. The minimum atomic E-state index is -0.0314. The predicted octanol–water partition coefficient (Wildman–Crippen LogP) is 2.59. The summed E-state index contributed by atoms with van der Waals surface area (Å²) in [6.45, 7) is 4.34. The first-order valence-corrected chi connectivity index (χ1v) is 8.43. The number of carbonyl (C=O) groups excluding carboxylic acids is 1. The van der Waals surface area contributed by atoms with Crippen LogP contribution < -0.4 is 5.32 Å². The van der Waals surface area contributed by atoms with Gasteiger partial charge in [0.1, 0.15) is 12.7 Å². The number of nitrogens with zero attached hydrogens (tertiary/aromatic N) is 3. The molecule has 6 heteroatoms. The molecule has 128 valence electrons. The highest BCUT2D eigenvalue weighted by molar-refractivity contribution is 5.94. The van der Waals surface area contributed by atoms with Crippen LogP contribution in [0.3, 0.4) is 0 Å². The number of ether oxygens (including phenoxy) is 1. The number of rotatable bonds is 6. The van der Waals surface area contributed by atoms with E-state index in [-0.39, 0.29) is 23.5 Å². The average Bonchev–Trinajstić information content (AvgIpc) is 3.14. The summed E-state index contributed by atoms with van der Waals surface area (Å²) in [4.78, 5) is 12.6. The van der Waals surface area contributed by atoms with Crippen LogP contribution in [0.25, 0.3) is 5.69 Å². The van der Waals surface area contributed by atoms with Crippen LogP contribution in [0.2, 0.25) is 0 Å². The number of hydrogen-bond donors (Lipinski definition) is 1. The van der Waals surface area contributed by atoms with Crippen molar-refractivity contribution in [3.05, 3.63) is 42.5 Å². The molecule has 2 atom stereocenters. The van der Waals surface area contributed by atoms with Gasteiger partial charge in [0.05, 0.1) is 6.10 Å². The van der Waals surface area contributed by atoms with Crippen molar-refractivity contribution < 1.29 is 9.53 Å². The van der Waals surface area contributed by atoms with Crippen molar-refractivity contribution in [3.63, 3.8) is 0 Å². The van der Waals surface area contributed by atoms with Crippen LogP contribution in [0, 0.1) is 5.41 Å². The highest BCUT2D eigenvalue weighted by atomic mass is 16.5. The van der Waals surface area contributed by atoms with E-state index in [1.165, 1.54) is 0 Å². The molecule has 1 fully saturated rings. The quantitative estimate of drug-likeness (QED) is 0.885. The molecule has 1 aromatic heterocycles. The van der Waals surface area contributed by atoms with E-state index in [0.717, 1.165) is 24.9 Å². The van der Waals surface area contributed by atoms with E-state index >= 15 is 0 Å². The lowest BCUT2D eigenvalue weighted by Gasteiger charge is -2.55. The summed E-state index contributed by atoms with van der Waals surface area (Å²) in [5, 5.41) is 10.8. The van der Waals surface area contributed by atoms with Crippen molar-refractivity contribution in [2.75, 3.05) is 7.11 Å². The molecule has 1 heterocycles. The van der Waals surface area contributed by atoms with Gasteiger partial charge in [-0.05, 0) is 43.5 Å². The fourth-order valence-electron chi connectivity index (χ4n) is 3.84. The zero-order valence-electron chi connectivity index (χ0n) is 14.4. The van der Waals surface area contributed by atoms with Crippen molar-refractivity contribution in [3.8, 4) is 5.69 Å². The molecule has 0 unspecified atom stereocenters. The lowest BCUT2D eigenvalue weighted by molar-refractivity contribution is -0.120. The number of nitrogens with one attached hydrogen (secondary N) is 1. The van der Waals surface area contributed by atoms with Crippen LogP contribution in [0.4, 0.5) is 0 Å². The van der Waals surface area contributed by atoms with Gasteiger partial charge in [0, 0.05) is 29.8 Å². The Morgan fingerprint density at radius 1 is 1.25 bits per heavy atom. The number of aromatic nitrogens is 3. The third kappa shape index (κ3) is 2.71. The first-order valence-electron chi connectivity index (χ1n) is 8.43. The number of hydrogen-bond acceptors (Lipinski definition) is 4. The van der Waals surface area contributed by atoms with Gasteiger partial charge in [-0.1, -0.05) is 13.8 Å². The van der Waals surface area contributed by atoms with Gasteiger partial charge in [-0.3, -0.25) is 9.36 Å². The van der Waals surface area contributed by atoms with Gasteiger partial charge in [0.15, 0.2) is 0 Å². The molecule has 24 heavy (non-hydrogen) atoms. The monoisotopic (exact) mass is 328 g/mol. The number of amides is 1. The van der Waals surface area contributed by atoms with Crippen molar-refractivity contribution in [1.29, 1.82) is 0 Å². The second-order valence-electron chi connectivity index (χ2n) is 6.34. The predicted molar refractivity (Wildman–Crippen MR) is 91.0 cm³/mol. The Morgan fingerprint density at radius 3 is 2.42 bits per heavy atom. The Morgan fingerprint density at radius 2 is 1.88 bits per heavy atom. The molecule has 0 saturated heterocycles. The fourth-order valence-corrected chi connectivity index (χ4v) is 3.84. The Kier molecular flexibility index (Phi) is 4.66. The highest BCUT2D eigenvalue weighted by Crippen LogP contribution is 2.48. The molecule has 0 spiro atoms. The van der Waals surface area contributed by atoms with Gasteiger partial charge in [-0.15, -0.1) is 10.2 Å². The molecule has 1 aromatic carbocycles. The topological polar surface area (TPSA) is 69.0 Å². The number of carbonyl (C=O) groups is 1. The third-order valence-electron chi connectivity index (χ3n) is 5.54. The second kappa shape index (κ2) is 6.73. The summed E-state index contributed by atoms with van der Waals surface area (Å²) in [7, 11) is 1.76. The summed E-state index contributed by atoms with van der Waals surface area (Å²) in [6, 6.07) is 7.61. The molecule has 0 radical (unpaired) electrons. The fraction of sp³-hybridized carbons (Fsp3) is 0.500. The number of benzene rings is 1. The Hall–Kier alpha value is -2.21. The third-order valence-corrected chi connectivity index (χ3v) is 5.54. The smallest absolute Gasteiger partial charge is 0.251 e. The summed E-state index contributed by atoms with van der Waals surface area (Å²) >= 11 is 0. The highest BCUT2D eigenvalue weighted by Gasteiger charge is 2.53. The van der Waals surface area contributed by atoms with Gasteiger partial charge in [-0.25, -0.2) is 0 Å². The van der Waals surface area contributed by atoms with Gasteiger partial charge in [-0.2, -0.15) is 0 Å². The van der Waals surface area contributed by atoms with Gasteiger partial charge in [0.25, 0.3) is 5.91 Å². The molecule has 0 bridgehead atoms. The molecule has 1 amide bonds. The first kappa shape index (κ1) is 16.6. The van der Waals surface area contributed by atoms with E-state index < -0.39 is 0 Å². The zero-order chi connectivity index (χ0) is 17.2. The van der Waals surface area contributed by atoms with Gasteiger partial charge >= 0.3 is 0 Å². The minimum absolute atomic E-state index is 0.0314. The lowest BCUT2D eigenvalue weighted by Crippen LogP contribution is -2.64. The molecule has 6 nitrogen and oxygen atoms in total. The average molecular weight is 328 g/mol. The minimum Gasteiger partial charge on any atom is -0.381 e. The number of methoxy groups -OCH3 is 1. The van der Waals surface area contributed by atoms with Crippen LogP contribution in [-0.4, -0.2) is 39.9 Å². The molecular weight excluding hydrogens is 304 g/mol. The standard InChI is InChI=1S/C18H24N4O2/c1-4-18(5-2)15(10-16(18)24-3)21-17(23)13-6-8-14(9-7-13)22-11-19-20-12-22/h6-9,11-12,15-16H,4-5,10H2,1-3H3,(H,21,23)/t15-,16+/m1/s1. The van der Waals surface area contributed by atoms with E-state index in [2.05, 4.69) is 29.4 Å². The molecular formula is C18H24N4O2. The summed E-state index contributed by atoms with van der Waals surface area (Å²) in [6.07, 6.45) is 6.37. The van der Waals surface area contributed by atoms with Crippen molar-refractivity contribution >= 4 is 5.91 Å². The Labute approximate surface area is 142 Å². The van der Waals surface area contributed by atoms with Crippen LogP contribution in [0.5, 0.6) is 0 Å². The molecule has 1 aliphatic carbocycles. The van der Waals surface area contributed by atoms with Gasteiger partial charge < -0.3 is 10.1 Å². The SMILES string of the molecule is CCC1(CC)[C@@H](OC)C[C@H]1NC(=O)c1ccc(-n2cnnc2)cc1.